The average molecular weight is 387 g/mol. The zero-order chi connectivity index (χ0) is 20.4. The number of carbonyl (C=O) groups is 1. The van der Waals surface area contributed by atoms with E-state index in [0.29, 0.717) is 37.0 Å². The zero-order valence-electron chi connectivity index (χ0n) is 16.8. The second-order valence-electron chi connectivity index (χ2n) is 6.95. The normalized spacial score (nSPS) is 24.1. The van der Waals surface area contributed by atoms with Gasteiger partial charge in [-0.2, -0.15) is 5.26 Å². The molecule has 0 spiro atoms. The van der Waals surface area contributed by atoms with E-state index in [4.69, 9.17) is 24.2 Å². The van der Waals surface area contributed by atoms with Gasteiger partial charge < -0.3 is 18.9 Å². The van der Waals surface area contributed by atoms with Crippen molar-refractivity contribution in [2.75, 3.05) is 21.0 Å². The number of carbonyl (C=O) groups excluding carboxylic acids is 1. The van der Waals surface area contributed by atoms with Crippen molar-refractivity contribution in [2.24, 2.45) is 5.92 Å². The van der Waals surface area contributed by atoms with Gasteiger partial charge in [0.15, 0.2) is 0 Å². The third kappa shape index (κ3) is 6.08. The zero-order valence-corrected chi connectivity index (χ0v) is 16.8. The number of fused-ring (bicyclic) bond motifs is 1. The molecule has 6 nitrogen and oxygen atoms in total. The lowest BCUT2D eigenvalue weighted by Gasteiger charge is -2.28. The van der Waals surface area contributed by atoms with E-state index in [-0.39, 0.29) is 18.8 Å². The molecule has 0 unspecified atom stereocenters. The molecule has 6 heteroatoms. The largest absolute Gasteiger partial charge is 0.496 e. The van der Waals surface area contributed by atoms with Crippen LogP contribution in [0.4, 0.5) is 0 Å². The van der Waals surface area contributed by atoms with Crippen LogP contribution < -0.4 is 4.74 Å². The van der Waals surface area contributed by atoms with Crippen LogP contribution >= 0.6 is 0 Å². The number of allylic oxidation sites excluding steroid dienone is 2. The van der Waals surface area contributed by atoms with Gasteiger partial charge in [-0.25, -0.2) is 4.79 Å². The minimum absolute atomic E-state index is 0.141. The summed E-state index contributed by atoms with van der Waals surface area (Å²) >= 11 is 0. The minimum atomic E-state index is -0.428. The number of cyclic esters (lactones) is 1. The van der Waals surface area contributed by atoms with Crippen LogP contribution in [-0.2, 0) is 20.6 Å². The van der Waals surface area contributed by atoms with Crippen molar-refractivity contribution in [1.82, 2.24) is 0 Å². The van der Waals surface area contributed by atoms with Crippen LogP contribution in [0.2, 0.25) is 0 Å². The monoisotopic (exact) mass is 387 g/mol. The molecule has 1 aliphatic rings. The van der Waals surface area contributed by atoms with Gasteiger partial charge in [0.05, 0.1) is 19.3 Å². The average Bonchev–Trinajstić information content (AvgIpc) is 2.70. The molecule has 0 aromatic heterocycles. The summed E-state index contributed by atoms with van der Waals surface area (Å²) in [4.78, 5) is 13.0. The first-order valence-electron chi connectivity index (χ1n) is 9.60. The van der Waals surface area contributed by atoms with Crippen LogP contribution in [0.15, 0.2) is 30.4 Å². The number of methoxy groups -OCH3 is 2. The van der Waals surface area contributed by atoms with Gasteiger partial charge in [0, 0.05) is 20.0 Å². The molecule has 0 aliphatic carbocycles. The highest BCUT2D eigenvalue weighted by molar-refractivity contribution is 5.94. The molecule has 1 heterocycles. The van der Waals surface area contributed by atoms with Crippen molar-refractivity contribution in [3.8, 4) is 11.8 Å². The second kappa shape index (κ2) is 11.5. The smallest absolute Gasteiger partial charge is 0.342 e. The van der Waals surface area contributed by atoms with Crippen molar-refractivity contribution < 1.29 is 23.7 Å². The third-order valence-corrected chi connectivity index (χ3v) is 4.93. The number of rotatable bonds is 6. The maximum Gasteiger partial charge on any atom is 0.342 e. The number of ether oxygens (including phenoxy) is 4. The summed E-state index contributed by atoms with van der Waals surface area (Å²) in [7, 11) is 3.12. The fraction of sp³-hybridized carbons (Fsp3) is 0.545. The van der Waals surface area contributed by atoms with Crippen molar-refractivity contribution in [3.63, 3.8) is 0 Å². The number of hydrogen-bond acceptors (Lipinski definition) is 6. The summed E-state index contributed by atoms with van der Waals surface area (Å²) in [5, 5.41) is 9.00. The number of benzene rings is 1. The standard InChI is InChI=1S/C22H29NO5/c1-16-8-4-5-9-17-10-6-12-19(26-3)21(17)22(24)28-18(11-7-13-23)14-20(16)27-15-25-2/h4-6,10,12,16,18,20H,7-9,11,14-15H2,1-3H3/b5-4+/t16-,18-,20+/m0/s1. The maximum atomic E-state index is 13.0. The summed E-state index contributed by atoms with van der Waals surface area (Å²) < 4.78 is 22.2. The molecule has 0 radical (unpaired) electrons. The quantitative estimate of drug-likeness (QED) is 0.416. The van der Waals surface area contributed by atoms with Gasteiger partial charge in [0.1, 0.15) is 24.2 Å². The van der Waals surface area contributed by atoms with E-state index in [1.807, 2.05) is 12.1 Å². The SMILES string of the molecule is COCO[C@@H]1C[C@H](CCC#N)OC(=O)c2c(cccc2OC)C/C=C/C[C@@H]1C. The highest BCUT2D eigenvalue weighted by Gasteiger charge is 2.27. The summed E-state index contributed by atoms with van der Waals surface area (Å²) in [5.74, 6) is 0.286. The van der Waals surface area contributed by atoms with Gasteiger partial charge in [-0.05, 0) is 36.8 Å². The Morgan fingerprint density at radius 2 is 2.11 bits per heavy atom. The van der Waals surface area contributed by atoms with E-state index in [0.717, 1.165) is 12.0 Å². The van der Waals surface area contributed by atoms with E-state index >= 15 is 0 Å². The fourth-order valence-corrected chi connectivity index (χ4v) is 3.36. The molecule has 152 valence electrons. The molecule has 0 saturated heterocycles. The molecule has 1 aliphatic heterocycles. The van der Waals surface area contributed by atoms with Crippen LogP contribution in [0.3, 0.4) is 0 Å². The van der Waals surface area contributed by atoms with Crippen LogP contribution in [0, 0.1) is 17.2 Å². The summed E-state index contributed by atoms with van der Waals surface area (Å²) in [6.07, 6.45) is 6.35. The minimum Gasteiger partial charge on any atom is -0.496 e. The van der Waals surface area contributed by atoms with E-state index < -0.39 is 12.1 Å². The summed E-state index contributed by atoms with van der Waals surface area (Å²) in [5.41, 5.74) is 1.31. The first-order chi connectivity index (χ1) is 13.6. The lowest BCUT2D eigenvalue weighted by molar-refractivity contribution is -0.103. The predicted molar refractivity (Wildman–Crippen MR) is 105 cm³/mol. The highest BCUT2D eigenvalue weighted by atomic mass is 16.7. The Morgan fingerprint density at radius 1 is 1.29 bits per heavy atom. The van der Waals surface area contributed by atoms with Crippen molar-refractivity contribution in [3.05, 3.63) is 41.5 Å². The van der Waals surface area contributed by atoms with Crippen molar-refractivity contribution in [2.45, 2.75) is 51.2 Å². The van der Waals surface area contributed by atoms with Gasteiger partial charge in [-0.1, -0.05) is 31.2 Å². The number of nitriles is 1. The Kier molecular flexibility index (Phi) is 8.99. The molecule has 1 aromatic rings. The van der Waals surface area contributed by atoms with Crippen LogP contribution in [0.1, 0.15) is 48.5 Å². The maximum absolute atomic E-state index is 13.0. The Balaban J connectivity index is 2.36. The van der Waals surface area contributed by atoms with E-state index in [1.54, 1.807) is 20.3 Å². The van der Waals surface area contributed by atoms with Gasteiger partial charge in [0.25, 0.3) is 0 Å². The Bertz CT molecular complexity index is 709. The molecule has 28 heavy (non-hydrogen) atoms. The molecule has 0 N–H and O–H groups in total. The molecular weight excluding hydrogens is 358 g/mol. The second-order valence-corrected chi connectivity index (χ2v) is 6.95. The molecule has 0 fully saturated rings. The van der Waals surface area contributed by atoms with Crippen LogP contribution in [0.25, 0.3) is 0 Å². The molecule has 0 saturated carbocycles. The van der Waals surface area contributed by atoms with E-state index in [1.165, 1.54) is 0 Å². The Labute approximate surface area is 167 Å². The molecule has 3 atom stereocenters. The molecule has 0 amide bonds. The molecular formula is C22H29NO5. The first kappa shape index (κ1) is 21.9. The summed E-state index contributed by atoms with van der Waals surface area (Å²) in [6, 6.07) is 7.67. The molecule has 0 bridgehead atoms. The van der Waals surface area contributed by atoms with Gasteiger partial charge >= 0.3 is 5.97 Å². The van der Waals surface area contributed by atoms with Gasteiger partial charge in [0.2, 0.25) is 0 Å². The lowest BCUT2D eigenvalue weighted by atomic mass is 9.93. The van der Waals surface area contributed by atoms with Gasteiger partial charge in [-0.15, -0.1) is 0 Å². The number of esters is 1. The van der Waals surface area contributed by atoms with E-state index in [2.05, 4.69) is 25.1 Å². The summed E-state index contributed by atoms with van der Waals surface area (Å²) in [6.45, 7) is 2.28. The van der Waals surface area contributed by atoms with Crippen LogP contribution in [0.5, 0.6) is 5.75 Å². The topological polar surface area (TPSA) is 77.8 Å². The predicted octanol–water partition coefficient (Wildman–Crippen LogP) is 4.04. The van der Waals surface area contributed by atoms with Crippen LogP contribution in [-0.4, -0.2) is 39.2 Å². The molecule has 1 aromatic carbocycles. The van der Waals surface area contributed by atoms with Crippen molar-refractivity contribution >= 4 is 5.97 Å². The van der Waals surface area contributed by atoms with Gasteiger partial charge in [-0.3, -0.25) is 0 Å². The molecule has 2 rings (SSSR count). The lowest BCUT2D eigenvalue weighted by Crippen LogP contribution is -2.31. The third-order valence-electron chi connectivity index (χ3n) is 4.93. The number of hydrogen-bond donors (Lipinski definition) is 0. The van der Waals surface area contributed by atoms with E-state index in [9.17, 15) is 4.79 Å². The first-order valence-corrected chi connectivity index (χ1v) is 9.60. The highest BCUT2D eigenvalue weighted by Crippen LogP contribution is 2.28. The fourth-order valence-electron chi connectivity index (χ4n) is 3.36. The Morgan fingerprint density at radius 3 is 2.82 bits per heavy atom. The Hall–Kier alpha value is -2.36. The number of nitrogens with zero attached hydrogens (tertiary/aromatic N) is 1. The van der Waals surface area contributed by atoms with Crippen molar-refractivity contribution in [1.29, 1.82) is 5.26 Å².